The molecule has 0 spiro atoms. The third kappa shape index (κ3) is 5.17. The summed E-state index contributed by atoms with van der Waals surface area (Å²) in [5, 5.41) is 6.05. The Morgan fingerprint density at radius 1 is 1.00 bits per heavy atom. The summed E-state index contributed by atoms with van der Waals surface area (Å²) in [5.74, 6) is -0.600. The lowest BCUT2D eigenvalue weighted by Crippen LogP contribution is -2.36. The second-order valence-electron chi connectivity index (χ2n) is 8.75. The standard InChI is InChI=1S/C26H29N3O4S2/c1-17(2)29(16-18-8-5-4-6-9-18)35(32,33)20-14-12-19(13-15-20)24(30)28-26-23(25(31)27-3)21-10-7-11-22(21)34-26/h4-6,8-9,12-15,17H,7,10-11,16H2,1-3H3,(H,27,31)(H,28,30). The molecule has 4 rings (SSSR count). The van der Waals surface area contributed by atoms with Gasteiger partial charge in [-0.15, -0.1) is 11.3 Å². The quantitative estimate of drug-likeness (QED) is 0.467. The number of benzene rings is 2. The molecule has 1 aromatic heterocycles. The van der Waals surface area contributed by atoms with Crippen molar-refractivity contribution in [3.63, 3.8) is 0 Å². The first-order valence-corrected chi connectivity index (χ1v) is 13.8. The van der Waals surface area contributed by atoms with Crippen molar-refractivity contribution >= 4 is 38.2 Å². The predicted molar refractivity (Wildman–Crippen MR) is 138 cm³/mol. The molecule has 0 radical (unpaired) electrons. The molecular formula is C26H29N3O4S2. The van der Waals surface area contributed by atoms with Crippen LogP contribution in [0.25, 0.3) is 0 Å². The highest BCUT2D eigenvalue weighted by Gasteiger charge is 2.29. The lowest BCUT2D eigenvalue weighted by molar-refractivity contribution is 0.0963. The number of nitrogens with one attached hydrogen (secondary N) is 2. The van der Waals surface area contributed by atoms with E-state index in [1.807, 2.05) is 44.2 Å². The van der Waals surface area contributed by atoms with Crippen LogP contribution in [0.4, 0.5) is 5.00 Å². The van der Waals surface area contributed by atoms with Gasteiger partial charge in [0, 0.05) is 30.1 Å². The van der Waals surface area contributed by atoms with E-state index >= 15 is 0 Å². The Morgan fingerprint density at radius 3 is 2.31 bits per heavy atom. The van der Waals surface area contributed by atoms with Crippen LogP contribution in [-0.4, -0.2) is 37.6 Å². The van der Waals surface area contributed by atoms with E-state index in [0.29, 0.717) is 16.1 Å². The highest BCUT2D eigenvalue weighted by molar-refractivity contribution is 7.89. The van der Waals surface area contributed by atoms with Gasteiger partial charge < -0.3 is 10.6 Å². The predicted octanol–water partition coefficient (Wildman–Crippen LogP) is 4.45. The fourth-order valence-corrected chi connectivity index (χ4v) is 7.16. The number of fused-ring (bicyclic) bond motifs is 1. The third-order valence-electron chi connectivity index (χ3n) is 6.08. The zero-order valence-electron chi connectivity index (χ0n) is 20.0. The SMILES string of the molecule is CNC(=O)c1c(NC(=O)c2ccc(S(=O)(=O)N(Cc3ccccc3)C(C)C)cc2)sc2c1CCC2. The zero-order chi connectivity index (χ0) is 25.2. The maximum Gasteiger partial charge on any atom is 0.256 e. The highest BCUT2D eigenvalue weighted by Crippen LogP contribution is 2.39. The van der Waals surface area contributed by atoms with Crippen LogP contribution < -0.4 is 10.6 Å². The summed E-state index contributed by atoms with van der Waals surface area (Å²) >= 11 is 1.44. The van der Waals surface area contributed by atoms with Gasteiger partial charge in [-0.3, -0.25) is 9.59 Å². The number of rotatable bonds is 8. The smallest absolute Gasteiger partial charge is 0.256 e. The van der Waals surface area contributed by atoms with Gasteiger partial charge in [-0.1, -0.05) is 30.3 Å². The molecular weight excluding hydrogens is 482 g/mol. The van der Waals surface area contributed by atoms with E-state index in [2.05, 4.69) is 10.6 Å². The minimum Gasteiger partial charge on any atom is -0.355 e. The van der Waals surface area contributed by atoms with Crippen LogP contribution in [0.5, 0.6) is 0 Å². The maximum atomic E-state index is 13.4. The fourth-order valence-electron chi connectivity index (χ4n) is 4.25. The summed E-state index contributed by atoms with van der Waals surface area (Å²) in [4.78, 5) is 26.7. The Labute approximate surface area is 210 Å². The number of amides is 2. The van der Waals surface area contributed by atoms with Crippen molar-refractivity contribution in [3.05, 3.63) is 81.7 Å². The van der Waals surface area contributed by atoms with Gasteiger partial charge in [0.05, 0.1) is 10.5 Å². The number of carbonyl (C=O) groups excluding carboxylic acids is 2. The number of sulfonamides is 1. The summed E-state index contributed by atoms with van der Waals surface area (Å²) in [6, 6.07) is 15.1. The number of anilines is 1. The number of thiophene rings is 1. The molecule has 0 atom stereocenters. The van der Waals surface area contributed by atoms with Gasteiger partial charge in [0.15, 0.2) is 0 Å². The number of nitrogens with zero attached hydrogens (tertiary/aromatic N) is 1. The van der Waals surface area contributed by atoms with Crippen LogP contribution in [0.3, 0.4) is 0 Å². The number of carbonyl (C=O) groups is 2. The molecule has 0 bridgehead atoms. The van der Waals surface area contributed by atoms with E-state index < -0.39 is 10.0 Å². The Bertz CT molecular complexity index is 1330. The van der Waals surface area contributed by atoms with Gasteiger partial charge in [-0.05, 0) is 68.5 Å². The summed E-state index contributed by atoms with van der Waals surface area (Å²) in [6.07, 6.45) is 2.74. The van der Waals surface area contributed by atoms with Gasteiger partial charge in [0.2, 0.25) is 10.0 Å². The minimum absolute atomic E-state index is 0.125. The molecule has 1 aliphatic carbocycles. The second kappa shape index (κ2) is 10.3. The number of hydrogen-bond donors (Lipinski definition) is 2. The normalized spacial score (nSPS) is 13.2. The molecule has 1 aliphatic rings. The van der Waals surface area contributed by atoms with E-state index in [-0.39, 0.29) is 29.3 Å². The molecule has 7 nitrogen and oxygen atoms in total. The molecule has 2 amide bonds. The van der Waals surface area contributed by atoms with Crippen LogP contribution >= 0.6 is 11.3 Å². The van der Waals surface area contributed by atoms with Crippen molar-refractivity contribution in [3.8, 4) is 0 Å². The van der Waals surface area contributed by atoms with Crippen LogP contribution in [0.15, 0.2) is 59.5 Å². The molecule has 35 heavy (non-hydrogen) atoms. The van der Waals surface area contributed by atoms with Gasteiger partial charge in [0.25, 0.3) is 11.8 Å². The van der Waals surface area contributed by atoms with Crippen LogP contribution in [0.2, 0.25) is 0 Å². The van der Waals surface area contributed by atoms with Crippen molar-refractivity contribution in [2.24, 2.45) is 0 Å². The minimum atomic E-state index is -3.77. The van der Waals surface area contributed by atoms with Crippen molar-refractivity contribution in [2.75, 3.05) is 12.4 Å². The molecule has 184 valence electrons. The lowest BCUT2D eigenvalue weighted by Gasteiger charge is -2.26. The summed E-state index contributed by atoms with van der Waals surface area (Å²) in [6.45, 7) is 3.93. The van der Waals surface area contributed by atoms with E-state index in [4.69, 9.17) is 0 Å². The van der Waals surface area contributed by atoms with E-state index in [0.717, 1.165) is 35.3 Å². The number of hydrogen-bond acceptors (Lipinski definition) is 5. The van der Waals surface area contributed by atoms with Crippen molar-refractivity contribution in [2.45, 2.75) is 50.6 Å². The Balaban J connectivity index is 1.55. The van der Waals surface area contributed by atoms with Gasteiger partial charge in [-0.25, -0.2) is 8.42 Å². The largest absolute Gasteiger partial charge is 0.355 e. The number of aryl methyl sites for hydroxylation is 1. The van der Waals surface area contributed by atoms with Crippen molar-refractivity contribution in [1.82, 2.24) is 9.62 Å². The molecule has 0 saturated carbocycles. The zero-order valence-corrected chi connectivity index (χ0v) is 21.6. The summed E-state index contributed by atoms with van der Waals surface area (Å²) in [5.41, 5.74) is 2.76. The molecule has 2 aromatic carbocycles. The van der Waals surface area contributed by atoms with Crippen LogP contribution in [0.1, 0.15) is 57.0 Å². The Hall–Kier alpha value is -3.01. The van der Waals surface area contributed by atoms with Gasteiger partial charge in [0.1, 0.15) is 5.00 Å². The third-order valence-corrected chi connectivity index (χ3v) is 9.33. The molecule has 3 aromatic rings. The fraction of sp³-hybridized carbons (Fsp3) is 0.308. The first-order chi connectivity index (χ1) is 16.7. The van der Waals surface area contributed by atoms with Crippen LogP contribution in [-0.2, 0) is 29.4 Å². The molecule has 0 fully saturated rings. The van der Waals surface area contributed by atoms with Crippen molar-refractivity contribution < 1.29 is 18.0 Å². The molecule has 0 aliphatic heterocycles. The molecule has 2 N–H and O–H groups in total. The first kappa shape index (κ1) is 25.1. The van der Waals surface area contributed by atoms with Crippen molar-refractivity contribution in [1.29, 1.82) is 0 Å². The average Bonchev–Trinajstić information content (AvgIpc) is 3.43. The molecule has 1 heterocycles. The van der Waals surface area contributed by atoms with E-state index in [9.17, 15) is 18.0 Å². The highest BCUT2D eigenvalue weighted by atomic mass is 32.2. The van der Waals surface area contributed by atoms with Gasteiger partial charge in [-0.2, -0.15) is 4.31 Å². The molecule has 0 saturated heterocycles. The molecule has 9 heteroatoms. The first-order valence-electron chi connectivity index (χ1n) is 11.6. The topological polar surface area (TPSA) is 95.6 Å². The lowest BCUT2D eigenvalue weighted by atomic mass is 10.1. The summed E-state index contributed by atoms with van der Waals surface area (Å²) in [7, 11) is -2.19. The second-order valence-corrected chi connectivity index (χ2v) is 11.7. The Morgan fingerprint density at radius 2 is 1.69 bits per heavy atom. The van der Waals surface area contributed by atoms with Crippen LogP contribution in [0, 0.1) is 0 Å². The average molecular weight is 512 g/mol. The molecule has 0 unspecified atom stereocenters. The van der Waals surface area contributed by atoms with E-state index in [1.165, 1.54) is 39.9 Å². The van der Waals surface area contributed by atoms with E-state index in [1.54, 1.807) is 7.05 Å². The Kier molecular flexibility index (Phi) is 7.39. The monoisotopic (exact) mass is 511 g/mol. The summed E-state index contributed by atoms with van der Waals surface area (Å²) < 4.78 is 28.2. The maximum absolute atomic E-state index is 13.4. The van der Waals surface area contributed by atoms with Gasteiger partial charge >= 0.3 is 0 Å².